The van der Waals surface area contributed by atoms with Crippen molar-refractivity contribution < 1.29 is 4.39 Å². The SMILES string of the molecule is CCC(F)C(C)NC. The lowest BCUT2D eigenvalue weighted by Crippen LogP contribution is -2.31. The molecule has 2 unspecified atom stereocenters. The maximum absolute atomic E-state index is 12.5. The molecule has 0 fully saturated rings. The van der Waals surface area contributed by atoms with Crippen LogP contribution in [0.5, 0.6) is 0 Å². The number of halogens is 1. The first-order valence-electron chi connectivity index (χ1n) is 3.03. The highest BCUT2D eigenvalue weighted by Crippen LogP contribution is 2.01. The summed E-state index contributed by atoms with van der Waals surface area (Å²) in [7, 11) is 1.77. The molecule has 0 spiro atoms. The van der Waals surface area contributed by atoms with E-state index in [-0.39, 0.29) is 6.04 Å². The van der Waals surface area contributed by atoms with E-state index in [9.17, 15) is 4.39 Å². The van der Waals surface area contributed by atoms with Gasteiger partial charge in [-0.2, -0.15) is 0 Å². The number of nitrogens with one attached hydrogen (secondary N) is 1. The molecule has 0 heterocycles. The summed E-state index contributed by atoms with van der Waals surface area (Å²) < 4.78 is 12.5. The van der Waals surface area contributed by atoms with Gasteiger partial charge in [0.1, 0.15) is 6.17 Å². The minimum Gasteiger partial charge on any atom is -0.314 e. The van der Waals surface area contributed by atoms with Crippen LogP contribution in [0.15, 0.2) is 0 Å². The molecule has 2 atom stereocenters. The Balaban J connectivity index is 3.29. The summed E-state index contributed by atoms with van der Waals surface area (Å²) in [6, 6.07) is -0.000000000000000444. The van der Waals surface area contributed by atoms with E-state index in [2.05, 4.69) is 5.32 Å². The molecular formula is C6H14FN. The normalized spacial score (nSPS) is 18.0. The maximum Gasteiger partial charge on any atom is 0.115 e. The predicted octanol–water partition coefficient (Wildman–Crippen LogP) is 1.34. The van der Waals surface area contributed by atoms with E-state index in [1.54, 1.807) is 7.05 Å². The fourth-order valence-electron chi connectivity index (χ4n) is 0.534. The molecule has 0 aliphatic carbocycles. The fraction of sp³-hybridized carbons (Fsp3) is 1.00. The summed E-state index contributed by atoms with van der Waals surface area (Å²) in [5, 5.41) is 2.84. The van der Waals surface area contributed by atoms with Crippen molar-refractivity contribution in [2.45, 2.75) is 32.5 Å². The van der Waals surface area contributed by atoms with Gasteiger partial charge in [-0.3, -0.25) is 0 Å². The fourth-order valence-corrected chi connectivity index (χ4v) is 0.534. The molecule has 50 valence electrons. The Labute approximate surface area is 50.3 Å². The summed E-state index contributed by atoms with van der Waals surface area (Å²) in [5.74, 6) is 0. The van der Waals surface area contributed by atoms with E-state index in [1.165, 1.54) is 0 Å². The van der Waals surface area contributed by atoms with Crippen LogP contribution in [0.3, 0.4) is 0 Å². The van der Waals surface area contributed by atoms with Gasteiger partial charge in [0.25, 0.3) is 0 Å². The topological polar surface area (TPSA) is 12.0 Å². The van der Waals surface area contributed by atoms with Crippen LogP contribution in [0.2, 0.25) is 0 Å². The second-order valence-electron chi connectivity index (χ2n) is 2.00. The van der Waals surface area contributed by atoms with Crippen molar-refractivity contribution in [3.8, 4) is 0 Å². The van der Waals surface area contributed by atoms with Crippen molar-refractivity contribution in [1.82, 2.24) is 5.32 Å². The zero-order valence-corrected chi connectivity index (χ0v) is 5.74. The van der Waals surface area contributed by atoms with Crippen molar-refractivity contribution in [3.05, 3.63) is 0 Å². The van der Waals surface area contributed by atoms with Gasteiger partial charge in [-0.15, -0.1) is 0 Å². The molecule has 0 aromatic rings. The van der Waals surface area contributed by atoms with Crippen molar-refractivity contribution in [3.63, 3.8) is 0 Å². The quantitative estimate of drug-likeness (QED) is 0.591. The Morgan fingerprint density at radius 2 is 2.12 bits per heavy atom. The summed E-state index contributed by atoms with van der Waals surface area (Å²) in [6.45, 7) is 3.69. The Morgan fingerprint density at radius 3 is 2.25 bits per heavy atom. The summed E-state index contributed by atoms with van der Waals surface area (Å²) >= 11 is 0. The standard InChI is InChI=1S/C6H14FN/c1-4-6(7)5(2)8-3/h5-6,8H,4H2,1-3H3. The highest BCUT2D eigenvalue weighted by molar-refractivity contribution is 4.66. The van der Waals surface area contributed by atoms with E-state index in [0.717, 1.165) is 0 Å². The molecule has 0 aromatic heterocycles. The molecule has 0 aliphatic rings. The van der Waals surface area contributed by atoms with Crippen LogP contribution in [0.1, 0.15) is 20.3 Å². The lowest BCUT2D eigenvalue weighted by molar-refractivity contribution is 0.261. The first-order valence-corrected chi connectivity index (χ1v) is 3.03. The molecule has 0 aromatic carbocycles. The zero-order chi connectivity index (χ0) is 6.57. The van der Waals surface area contributed by atoms with Gasteiger partial charge in [0.2, 0.25) is 0 Å². The molecule has 0 saturated carbocycles. The average molecular weight is 119 g/mol. The largest absolute Gasteiger partial charge is 0.314 e. The van der Waals surface area contributed by atoms with Crippen LogP contribution in [0, 0.1) is 0 Å². The molecule has 1 nitrogen and oxygen atoms in total. The van der Waals surface area contributed by atoms with Gasteiger partial charge in [-0.25, -0.2) is 4.39 Å². The number of rotatable bonds is 3. The van der Waals surface area contributed by atoms with Crippen LogP contribution in [-0.4, -0.2) is 19.3 Å². The first-order chi connectivity index (χ1) is 3.72. The van der Waals surface area contributed by atoms with Crippen molar-refractivity contribution in [2.24, 2.45) is 0 Å². The van der Waals surface area contributed by atoms with Gasteiger partial charge >= 0.3 is 0 Å². The average Bonchev–Trinajstić information content (AvgIpc) is 1.84. The van der Waals surface area contributed by atoms with Gasteiger partial charge in [-0.1, -0.05) is 6.92 Å². The molecule has 0 radical (unpaired) electrons. The number of alkyl halides is 1. The van der Waals surface area contributed by atoms with E-state index in [4.69, 9.17) is 0 Å². The third-order valence-corrected chi connectivity index (χ3v) is 1.39. The Kier molecular flexibility index (Phi) is 3.79. The molecule has 8 heavy (non-hydrogen) atoms. The Hall–Kier alpha value is -0.110. The van der Waals surface area contributed by atoms with Crippen LogP contribution < -0.4 is 5.32 Å². The van der Waals surface area contributed by atoms with Gasteiger partial charge in [0, 0.05) is 6.04 Å². The summed E-state index contributed by atoms with van der Waals surface area (Å²) in [5.41, 5.74) is 0. The third kappa shape index (κ3) is 2.26. The van der Waals surface area contributed by atoms with Crippen LogP contribution in [0.4, 0.5) is 4.39 Å². The smallest absolute Gasteiger partial charge is 0.115 e. The van der Waals surface area contributed by atoms with Crippen molar-refractivity contribution in [1.29, 1.82) is 0 Å². The van der Waals surface area contributed by atoms with Crippen LogP contribution in [0.25, 0.3) is 0 Å². The van der Waals surface area contributed by atoms with Gasteiger partial charge in [0.05, 0.1) is 0 Å². The minimum atomic E-state index is -0.694. The summed E-state index contributed by atoms with van der Waals surface area (Å²) in [4.78, 5) is 0. The highest BCUT2D eigenvalue weighted by atomic mass is 19.1. The molecule has 0 saturated heterocycles. The lowest BCUT2D eigenvalue weighted by Gasteiger charge is -2.12. The highest BCUT2D eigenvalue weighted by Gasteiger charge is 2.09. The molecule has 0 amide bonds. The van der Waals surface area contributed by atoms with Gasteiger partial charge in [0.15, 0.2) is 0 Å². The molecule has 0 bridgehead atoms. The van der Waals surface area contributed by atoms with E-state index in [0.29, 0.717) is 6.42 Å². The lowest BCUT2D eigenvalue weighted by atomic mass is 10.2. The number of hydrogen-bond donors (Lipinski definition) is 1. The van der Waals surface area contributed by atoms with Crippen molar-refractivity contribution >= 4 is 0 Å². The maximum atomic E-state index is 12.5. The molecule has 2 heteroatoms. The van der Waals surface area contributed by atoms with Gasteiger partial charge in [-0.05, 0) is 20.4 Å². The van der Waals surface area contributed by atoms with E-state index >= 15 is 0 Å². The van der Waals surface area contributed by atoms with Gasteiger partial charge < -0.3 is 5.32 Å². The van der Waals surface area contributed by atoms with Crippen LogP contribution in [-0.2, 0) is 0 Å². The zero-order valence-electron chi connectivity index (χ0n) is 5.74. The molecule has 0 rings (SSSR count). The summed E-state index contributed by atoms with van der Waals surface area (Å²) in [6.07, 6.45) is -0.0952. The minimum absolute atomic E-state index is 0.000000000000000444. The molecule has 0 aliphatic heterocycles. The third-order valence-electron chi connectivity index (χ3n) is 1.39. The molecule has 1 N–H and O–H groups in total. The Morgan fingerprint density at radius 1 is 1.62 bits per heavy atom. The number of hydrogen-bond acceptors (Lipinski definition) is 1. The monoisotopic (exact) mass is 119 g/mol. The van der Waals surface area contributed by atoms with E-state index in [1.807, 2.05) is 13.8 Å². The predicted molar refractivity (Wildman–Crippen MR) is 33.7 cm³/mol. The first kappa shape index (κ1) is 7.89. The van der Waals surface area contributed by atoms with Crippen LogP contribution >= 0.6 is 0 Å². The van der Waals surface area contributed by atoms with Crippen molar-refractivity contribution in [2.75, 3.05) is 7.05 Å². The molecular weight excluding hydrogens is 105 g/mol. The van der Waals surface area contributed by atoms with E-state index < -0.39 is 6.17 Å². The Bertz CT molecular complexity index is 48.5. The second-order valence-corrected chi connectivity index (χ2v) is 2.00. The second kappa shape index (κ2) is 3.84.